The molecule has 118 valence electrons. The third-order valence-corrected chi connectivity index (χ3v) is 5.10. The molecule has 0 unspecified atom stereocenters. The Labute approximate surface area is 146 Å². The average molecular weight is 352 g/mol. The van der Waals surface area contributed by atoms with Crippen LogP contribution in [-0.4, -0.2) is 20.5 Å². The van der Waals surface area contributed by atoms with Crippen molar-refractivity contribution in [1.29, 1.82) is 0 Å². The van der Waals surface area contributed by atoms with E-state index in [4.69, 9.17) is 0 Å². The van der Waals surface area contributed by atoms with Crippen molar-refractivity contribution in [2.75, 3.05) is 5.32 Å². The van der Waals surface area contributed by atoms with E-state index in [1.165, 1.54) is 10.3 Å². The molecule has 2 aromatic heterocycles. The smallest absolute Gasteiger partial charge is 0.277 e. The minimum absolute atomic E-state index is 0.257. The van der Waals surface area contributed by atoms with Gasteiger partial charge in [-0.15, -0.1) is 16.4 Å². The zero-order valence-electron chi connectivity index (χ0n) is 12.7. The van der Waals surface area contributed by atoms with Gasteiger partial charge >= 0.3 is 0 Å². The van der Waals surface area contributed by atoms with E-state index in [9.17, 15) is 4.79 Å². The third-order valence-electron chi connectivity index (χ3n) is 3.53. The van der Waals surface area contributed by atoms with E-state index in [0.29, 0.717) is 11.4 Å². The number of amides is 1. The van der Waals surface area contributed by atoms with Crippen LogP contribution in [0.1, 0.15) is 16.1 Å². The van der Waals surface area contributed by atoms with Gasteiger partial charge in [-0.2, -0.15) is 0 Å². The number of anilines is 1. The van der Waals surface area contributed by atoms with Crippen molar-refractivity contribution < 1.29 is 4.79 Å². The number of carbonyl (C=O) groups is 1. The Morgan fingerprint density at radius 3 is 2.71 bits per heavy atom. The molecular formula is C17H12N4OS2. The van der Waals surface area contributed by atoms with Crippen molar-refractivity contribution in [3.63, 3.8) is 0 Å². The van der Waals surface area contributed by atoms with Crippen LogP contribution < -0.4 is 5.32 Å². The first kappa shape index (κ1) is 14.9. The second-order valence-corrected chi connectivity index (χ2v) is 6.95. The predicted molar refractivity (Wildman–Crippen MR) is 97.7 cm³/mol. The van der Waals surface area contributed by atoms with Gasteiger partial charge in [0.15, 0.2) is 5.69 Å². The summed E-state index contributed by atoms with van der Waals surface area (Å²) in [6, 6.07) is 13.9. The molecule has 24 heavy (non-hydrogen) atoms. The second kappa shape index (κ2) is 6.10. The fraction of sp³-hybridized carbons (Fsp3) is 0.0588. The van der Waals surface area contributed by atoms with E-state index in [2.05, 4.69) is 38.9 Å². The molecule has 0 spiro atoms. The van der Waals surface area contributed by atoms with Crippen LogP contribution in [-0.2, 0) is 0 Å². The summed E-state index contributed by atoms with van der Waals surface area (Å²) in [6.07, 6.45) is 0. The molecule has 0 aliphatic carbocycles. The first-order valence-electron chi connectivity index (χ1n) is 7.25. The van der Waals surface area contributed by atoms with Crippen LogP contribution in [0.25, 0.3) is 20.8 Å². The second-order valence-electron chi connectivity index (χ2n) is 5.31. The Morgan fingerprint density at radius 1 is 1.12 bits per heavy atom. The predicted octanol–water partition coefficient (Wildman–Crippen LogP) is 4.38. The van der Waals surface area contributed by atoms with Gasteiger partial charge in [-0.3, -0.25) is 4.79 Å². The van der Waals surface area contributed by atoms with Gasteiger partial charge in [0.05, 0.1) is 10.2 Å². The molecule has 7 heteroatoms. The SMILES string of the molecule is Cc1ccc2nc(-c3ccc(NC(=O)c4csnn4)cc3)sc2c1. The number of hydrogen-bond donors (Lipinski definition) is 1. The summed E-state index contributed by atoms with van der Waals surface area (Å²) in [7, 11) is 0. The average Bonchev–Trinajstić information content (AvgIpc) is 3.24. The highest BCUT2D eigenvalue weighted by Gasteiger charge is 2.10. The van der Waals surface area contributed by atoms with E-state index < -0.39 is 0 Å². The number of nitrogens with one attached hydrogen (secondary N) is 1. The maximum absolute atomic E-state index is 12.0. The van der Waals surface area contributed by atoms with Crippen LogP contribution in [0.5, 0.6) is 0 Å². The first-order chi connectivity index (χ1) is 11.7. The van der Waals surface area contributed by atoms with Gasteiger partial charge in [0.2, 0.25) is 0 Å². The number of fused-ring (bicyclic) bond motifs is 1. The van der Waals surface area contributed by atoms with Gasteiger partial charge in [0.25, 0.3) is 5.91 Å². The minimum Gasteiger partial charge on any atom is -0.321 e. The number of nitrogens with zero attached hydrogens (tertiary/aromatic N) is 3. The topological polar surface area (TPSA) is 67.8 Å². The van der Waals surface area contributed by atoms with Crippen LogP contribution in [0.4, 0.5) is 5.69 Å². The van der Waals surface area contributed by atoms with Crippen molar-refractivity contribution in [3.05, 3.63) is 59.1 Å². The fourth-order valence-corrected chi connectivity index (χ4v) is 3.82. The molecule has 0 saturated heterocycles. The van der Waals surface area contributed by atoms with Crippen molar-refractivity contribution in [3.8, 4) is 10.6 Å². The molecule has 4 rings (SSSR count). The van der Waals surface area contributed by atoms with Crippen molar-refractivity contribution in [2.24, 2.45) is 0 Å². The standard InChI is InChI=1S/C17H12N4OS2/c1-10-2-7-13-15(8-10)24-17(19-13)11-3-5-12(6-4-11)18-16(22)14-9-23-21-20-14/h2-9H,1H3,(H,18,22). The van der Waals surface area contributed by atoms with E-state index >= 15 is 0 Å². The van der Waals surface area contributed by atoms with Gasteiger partial charge in [-0.25, -0.2) is 4.98 Å². The number of rotatable bonds is 3. The number of thiazole rings is 1. The minimum atomic E-state index is -0.257. The fourth-order valence-electron chi connectivity index (χ4n) is 2.31. The molecule has 0 aliphatic rings. The number of hydrogen-bond acceptors (Lipinski definition) is 6. The van der Waals surface area contributed by atoms with Gasteiger partial charge in [0, 0.05) is 16.6 Å². The number of benzene rings is 2. The maximum atomic E-state index is 12.0. The summed E-state index contributed by atoms with van der Waals surface area (Å²) >= 11 is 2.82. The van der Waals surface area contributed by atoms with Crippen molar-refractivity contribution in [2.45, 2.75) is 6.92 Å². The van der Waals surface area contributed by atoms with E-state index in [-0.39, 0.29) is 5.91 Å². The van der Waals surface area contributed by atoms with Crippen molar-refractivity contribution >= 4 is 44.7 Å². The Bertz CT molecular complexity index is 1010. The van der Waals surface area contributed by atoms with Crippen LogP contribution in [0.2, 0.25) is 0 Å². The summed E-state index contributed by atoms with van der Waals surface area (Å²) in [6.45, 7) is 2.08. The first-order valence-corrected chi connectivity index (χ1v) is 8.90. The molecule has 4 aromatic rings. The zero-order chi connectivity index (χ0) is 16.5. The lowest BCUT2D eigenvalue weighted by Crippen LogP contribution is -2.12. The van der Waals surface area contributed by atoms with Crippen molar-refractivity contribution in [1.82, 2.24) is 14.6 Å². The molecular weight excluding hydrogens is 340 g/mol. The van der Waals surface area contributed by atoms with Gasteiger partial charge in [-0.1, -0.05) is 10.6 Å². The lowest BCUT2D eigenvalue weighted by Gasteiger charge is -2.03. The largest absolute Gasteiger partial charge is 0.321 e. The van der Waals surface area contributed by atoms with Gasteiger partial charge in [0.1, 0.15) is 5.01 Å². The van der Waals surface area contributed by atoms with Crippen LogP contribution >= 0.6 is 22.9 Å². The zero-order valence-corrected chi connectivity index (χ0v) is 14.3. The summed E-state index contributed by atoms with van der Waals surface area (Å²) in [5.41, 5.74) is 4.31. The summed E-state index contributed by atoms with van der Waals surface area (Å²) < 4.78 is 4.87. The number of aromatic nitrogens is 3. The summed E-state index contributed by atoms with van der Waals surface area (Å²) in [5, 5.41) is 9.15. The molecule has 0 bridgehead atoms. The molecule has 1 amide bonds. The van der Waals surface area contributed by atoms with E-state index in [0.717, 1.165) is 27.6 Å². The van der Waals surface area contributed by atoms with Gasteiger partial charge in [-0.05, 0) is 60.4 Å². The molecule has 2 heterocycles. The number of aryl methyl sites for hydroxylation is 1. The number of carbonyl (C=O) groups excluding carboxylic acids is 1. The molecule has 5 nitrogen and oxygen atoms in total. The molecule has 0 radical (unpaired) electrons. The molecule has 2 aromatic carbocycles. The van der Waals surface area contributed by atoms with Crippen LogP contribution in [0.3, 0.4) is 0 Å². The lowest BCUT2D eigenvalue weighted by molar-refractivity contribution is 0.102. The van der Waals surface area contributed by atoms with E-state index in [1.807, 2.05) is 30.3 Å². The van der Waals surface area contributed by atoms with Gasteiger partial charge < -0.3 is 5.32 Å². The normalized spacial score (nSPS) is 10.9. The Morgan fingerprint density at radius 2 is 1.96 bits per heavy atom. The highest BCUT2D eigenvalue weighted by atomic mass is 32.1. The Kier molecular flexibility index (Phi) is 3.79. The quantitative estimate of drug-likeness (QED) is 0.594. The van der Waals surface area contributed by atoms with Crippen LogP contribution in [0.15, 0.2) is 47.8 Å². The molecule has 0 saturated carbocycles. The Hall–Kier alpha value is -2.64. The lowest BCUT2D eigenvalue weighted by atomic mass is 10.2. The summed E-state index contributed by atoms with van der Waals surface area (Å²) in [5.74, 6) is -0.257. The molecule has 1 N–H and O–H groups in total. The molecule has 0 fully saturated rings. The summed E-state index contributed by atoms with van der Waals surface area (Å²) in [4.78, 5) is 16.6. The van der Waals surface area contributed by atoms with E-state index in [1.54, 1.807) is 16.7 Å². The van der Waals surface area contributed by atoms with Crippen LogP contribution in [0, 0.1) is 6.92 Å². The monoisotopic (exact) mass is 352 g/mol. The maximum Gasteiger partial charge on any atom is 0.277 e. The highest BCUT2D eigenvalue weighted by molar-refractivity contribution is 7.21. The molecule has 0 aliphatic heterocycles. The third kappa shape index (κ3) is 2.91. The molecule has 0 atom stereocenters. The highest BCUT2D eigenvalue weighted by Crippen LogP contribution is 2.31. The Balaban J connectivity index is 1.57.